The fourth-order valence-corrected chi connectivity index (χ4v) is 5.45. The predicted molar refractivity (Wildman–Crippen MR) is 90.4 cm³/mol. The Morgan fingerprint density at radius 2 is 2.10 bits per heavy atom. The van der Waals surface area contributed by atoms with E-state index in [2.05, 4.69) is 37.7 Å². The molecule has 0 radical (unpaired) electrons. The quantitative estimate of drug-likeness (QED) is 0.614. The van der Waals surface area contributed by atoms with E-state index < -0.39 is 0 Å². The van der Waals surface area contributed by atoms with Gasteiger partial charge in [-0.2, -0.15) is 0 Å². The molecule has 2 heterocycles. The number of nitrogens with one attached hydrogen (secondary N) is 1. The summed E-state index contributed by atoms with van der Waals surface area (Å²) in [6, 6.07) is 2.53. The number of halogens is 1. The average molecular weight is 374 g/mol. The number of thiophene rings is 1. The van der Waals surface area contributed by atoms with Crippen LogP contribution in [0.25, 0.3) is 0 Å². The van der Waals surface area contributed by atoms with E-state index in [-0.39, 0.29) is 5.54 Å². The zero-order chi connectivity index (χ0) is 14.7. The molecule has 21 heavy (non-hydrogen) atoms. The Kier molecular flexibility index (Phi) is 5.35. The number of nitrogens with two attached hydrogens (primary N) is 1. The lowest BCUT2D eigenvalue weighted by atomic mass is 9.83. The molecule has 3 rings (SSSR count). The van der Waals surface area contributed by atoms with Crippen LogP contribution in [0.3, 0.4) is 0 Å². The SMILES string of the molecule is NNC(Cc1cc(Br)cs1)C1(N2CCOCC2)CCCC1. The molecule has 1 aromatic heterocycles. The fraction of sp³-hybridized carbons (Fsp3) is 0.733. The topological polar surface area (TPSA) is 50.5 Å². The van der Waals surface area contributed by atoms with Crippen molar-refractivity contribution in [1.29, 1.82) is 0 Å². The van der Waals surface area contributed by atoms with Crippen LogP contribution in [0, 0.1) is 0 Å². The van der Waals surface area contributed by atoms with Crippen LogP contribution >= 0.6 is 27.3 Å². The van der Waals surface area contributed by atoms with Crippen LogP contribution in [0.1, 0.15) is 30.6 Å². The maximum absolute atomic E-state index is 5.98. The normalized spacial score (nSPS) is 24.3. The van der Waals surface area contributed by atoms with Crippen molar-refractivity contribution in [1.82, 2.24) is 10.3 Å². The van der Waals surface area contributed by atoms with Gasteiger partial charge in [0, 0.05) is 45.8 Å². The highest BCUT2D eigenvalue weighted by Gasteiger charge is 2.46. The van der Waals surface area contributed by atoms with Crippen LogP contribution in [0.2, 0.25) is 0 Å². The van der Waals surface area contributed by atoms with E-state index in [0.717, 1.165) is 32.7 Å². The second-order valence-electron chi connectivity index (χ2n) is 6.06. The van der Waals surface area contributed by atoms with Crippen LogP contribution < -0.4 is 11.3 Å². The maximum Gasteiger partial charge on any atom is 0.0594 e. The van der Waals surface area contributed by atoms with Crippen molar-refractivity contribution in [3.63, 3.8) is 0 Å². The summed E-state index contributed by atoms with van der Waals surface area (Å²) in [5.74, 6) is 5.98. The van der Waals surface area contributed by atoms with Crippen LogP contribution in [0.4, 0.5) is 0 Å². The maximum atomic E-state index is 5.98. The number of rotatable bonds is 5. The van der Waals surface area contributed by atoms with Gasteiger partial charge in [0.05, 0.1) is 13.2 Å². The summed E-state index contributed by atoms with van der Waals surface area (Å²) < 4.78 is 6.71. The van der Waals surface area contributed by atoms with Gasteiger partial charge in [-0.05, 0) is 34.8 Å². The molecule has 2 aliphatic rings. The van der Waals surface area contributed by atoms with Gasteiger partial charge in [0.2, 0.25) is 0 Å². The molecule has 3 N–H and O–H groups in total. The average Bonchev–Trinajstić information content (AvgIpc) is 3.15. The minimum atomic E-state index is 0.203. The fourth-order valence-electron chi connectivity index (χ4n) is 3.95. The third kappa shape index (κ3) is 3.35. The molecule has 1 aliphatic carbocycles. The smallest absolute Gasteiger partial charge is 0.0594 e. The molecular formula is C15H24BrN3OS. The first-order valence-electron chi connectivity index (χ1n) is 7.76. The lowest BCUT2D eigenvalue weighted by Gasteiger charge is -2.48. The van der Waals surface area contributed by atoms with Gasteiger partial charge in [-0.25, -0.2) is 0 Å². The molecule has 1 aliphatic heterocycles. The monoisotopic (exact) mass is 373 g/mol. The molecule has 0 aromatic carbocycles. The largest absolute Gasteiger partial charge is 0.379 e. The van der Waals surface area contributed by atoms with E-state index >= 15 is 0 Å². The van der Waals surface area contributed by atoms with Gasteiger partial charge in [-0.3, -0.25) is 16.2 Å². The van der Waals surface area contributed by atoms with Gasteiger partial charge in [-0.1, -0.05) is 12.8 Å². The highest BCUT2D eigenvalue weighted by Crippen LogP contribution is 2.40. The van der Waals surface area contributed by atoms with Crippen molar-refractivity contribution in [2.45, 2.75) is 43.7 Å². The van der Waals surface area contributed by atoms with E-state index in [1.807, 2.05) is 11.3 Å². The standard InChI is InChI=1S/C15H24BrN3OS/c16-12-9-13(21-11-12)10-14(18-17)15(3-1-2-4-15)19-5-7-20-8-6-19/h9,11,14,18H,1-8,10,17H2. The molecule has 1 saturated carbocycles. The van der Waals surface area contributed by atoms with Crippen molar-refractivity contribution in [2.24, 2.45) is 5.84 Å². The summed E-state index contributed by atoms with van der Waals surface area (Å²) in [5.41, 5.74) is 3.35. The van der Waals surface area contributed by atoms with E-state index in [1.54, 1.807) is 0 Å². The van der Waals surface area contributed by atoms with Gasteiger partial charge in [-0.15, -0.1) is 11.3 Å². The van der Waals surface area contributed by atoms with Crippen LogP contribution in [0.5, 0.6) is 0 Å². The molecule has 6 heteroatoms. The van der Waals surface area contributed by atoms with E-state index in [0.29, 0.717) is 6.04 Å². The Labute approximate surface area is 139 Å². The summed E-state index contributed by atoms with van der Waals surface area (Å²) in [6.45, 7) is 3.77. The first-order valence-corrected chi connectivity index (χ1v) is 9.44. The summed E-state index contributed by atoms with van der Waals surface area (Å²) in [7, 11) is 0. The first kappa shape index (κ1) is 15.9. The zero-order valence-corrected chi connectivity index (χ0v) is 14.7. The van der Waals surface area contributed by atoms with Gasteiger partial charge in [0.15, 0.2) is 0 Å². The second kappa shape index (κ2) is 7.06. The third-order valence-electron chi connectivity index (χ3n) is 4.99. The second-order valence-corrected chi connectivity index (χ2v) is 7.98. The molecule has 1 unspecified atom stereocenters. The zero-order valence-electron chi connectivity index (χ0n) is 12.3. The molecule has 2 fully saturated rings. The molecule has 0 spiro atoms. The highest BCUT2D eigenvalue weighted by atomic mass is 79.9. The molecule has 1 saturated heterocycles. The van der Waals surface area contributed by atoms with Crippen molar-refractivity contribution >= 4 is 27.3 Å². The van der Waals surface area contributed by atoms with Gasteiger partial charge < -0.3 is 4.74 Å². The summed E-state index contributed by atoms with van der Waals surface area (Å²) in [4.78, 5) is 4.03. The van der Waals surface area contributed by atoms with Crippen molar-refractivity contribution in [3.05, 3.63) is 20.8 Å². The van der Waals surface area contributed by atoms with E-state index in [1.165, 1.54) is 35.0 Å². The third-order valence-corrected chi connectivity index (χ3v) is 6.71. The van der Waals surface area contributed by atoms with Crippen molar-refractivity contribution < 1.29 is 4.74 Å². The van der Waals surface area contributed by atoms with Gasteiger partial charge >= 0.3 is 0 Å². The lowest BCUT2D eigenvalue weighted by molar-refractivity contribution is -0.0356. The van der Waals surface area contributed by atoms with Gasteiger partial charge in [0.1, 0.15) is 0 Å². The first-order chi connectivity index (χ1) is 10.2. The van der Waals surface area contributed by atoms with Crippen LogP contribution in [-0.4, -0.2) is 42.8 Å². The number of hydrogen-bond donors (Lipinski definition) is 2. The molecule has 1 aromatic rings. The lowest BCUT2D eigenvalue weighted by Crippen LogP contribution is -2.64. The Hall–Kier alpha value is 0.0200. The van der Waals surface area contributed by atoms with Crippen molar-refractivity contribution in [3.8, 4) is 0 Å². The summed E-state index contributed by atoms with van der Waals surface area (Å²) >= 11 is 5.36. The molecule has 118 valence electrons. The summed E-state index contributed by atoms with van der Waals surface area (Å²) in [6.07, 6.45) is 6.11. The Balaban J connectivity index is 1.79. The molecule has 0 bridgehead atoms. The molecule has 1 atom stereocenters. The Bertz CT molecular complexity index is 456. The summed E-state index contributed by atoms with van der Waals surface area (Å²) in [5, 5.41) is 2.15. The van der Waals surface area contributed by atoms with E-state index in [4.69, 9.17) is 10.6 Å². The minimum Gasteiger partial charge on any atom is -0.379 e. The number of nitrogens with zero attached hydrogens (tertiary/aromatic N) is 1. The number of hydrazine groups is 1. The molecular weight excluding hydrogens is 350 g/mol. The van der Waals surface area contributed by atoms with E-state index in [9.17, 15) is 0 Å². The van der Waals surface area contributed by atoms with Crippen LogP contribution in [-0.2, 0) is 11.2 Å². The van der Waals surface area contributed by atoms with Gasteiger partial charge in [0.25, 0.3) is 0 Å². The molecule has 4 nitrogen and oxygen atoms in total. The number of morpholine rings is 1. The highest BCUT2D eigenvalue weighted by molar-refractivity contribution is 9.10. The molecule has 0 amide bonds. The predicted octanol–water partition coefficient (Wildman–Crippen LogP) is 2.53. The number of hydrogen-bond acceptors (Lipinski definition) is 5. The number of ether oxygens (including phenoxy) is 1. The van der Waals surface area contributed by atoms with Crippen molar-refractivity contribution in [2.75, 3.05) is 26.3 Å². The van der Waals surface area contributed by atoms with Crippen LogP contribution in [0.15, 0.2) is 15.9 Å². The Morgan fingerprint density at radius 1 is 1.38 bits per heavy atom. The Morgan fingerprint density at radius 3 is 2.67 bits per heavy atom. The minimum absolute atomic E-state index is 0.203.